The Morgan fingerprint density at radius 3 is 1.75 bits per heavy atom. The Kier molecular flexibility index (Phi) is 21.0. The van der Waals surface area contributed by atoms with Crippen molar-refractivity contribution in [2.75, 3.05) is 6.61 Å². The molecule has 0 aromatic rings. The average Bonchev–Trinajstić information content (AvgIpc) is 2.77. The number of unbranched alkanes of at least 4 members (excludes halogenated alkanes) is 13. The molecule has 0 aliphatic rings. The summed E-state index contributed by atoms with van der Waals surface area (Å²) in [5, 5.41) is 3.43. The Balaban J connectivity index is 4.36. The lowest BCUT2D eigenvalue weighted by Crippen LogP contribution is -2.43. The summed E-state index contributed by atoms with van der Waals surface area (Å²) in [6.07, 6.45) is 22.9. The highest BCUT2D eigenvalue weighted by atomic mass is 16.5. The van der Waals surface area contributed by atoms with Crippen LogP contribution >= 0.6 is 0 Å². The predicted molar refractivity (Wildman–Crippen MR) is 137 cm³/mol. The molecule has 0 aliphatic heterocycles. The number of hydrogen-bond donors (Lipinski definition) is 1. The molecule has 0 saturated heterocycles. The van der Waals surface area contributed by atoms with Gasteiger partial charge in [0.2, 0.25) is 5.91 Å². The van der Waals surface area contributed by atoms with Gasteiger partial charge in [-0.3, -0.25) is 9.59 Å². The van der Waals surface area contributed by atoms with Gasteiger partial charge in [0.05, 0.1) is 6.61 Å². The Labute approximate surface area is 200 Å². The molecular formula is C28H55NO3. The number of carbonyl (C=O) groups is 2. The van der Waals surface area contributed by atoms with Crippen molar-refractivity contribution in [1.82, 2.24) is 5.32 Å². The van der Waals surface area contributed by atoms with E-state index in [1.54, 1.807) is 0 Å². The quantitative estimate of drug-likeness (QED) is 0.119. The minimum atomic E-state index is -0.320. The van der Waals surface area contributed by atoms with Crippen molar-refractivity contribution in [3.8, 4) is 0 Å². The number of nitrogens with one attached hydrogen (secondary N) is 1. The second-order valence-electron chi connectivity index (χ2n) is 10.3. The molecule has 0 bridgehead atoms. The lowest BCUT2D eigenvalue weighted by molar-refractivity contribution is -0.131. The van der Waals surface area contributed by atoms with Gasteiger partial charge in [0.25, 0.3) is 6.47 Å². The first-order valence-electron chi connectivity index (χ1n) is 13.8. The lowest BCUT2D eigenvalue weighted by atomic mass is 9.85. The smallest absolute Gasteiger partial charge is 0.293 e. The van der Waals surface area contributed by atoms with E-state index < -0.39 is 0 Å². The Bertz CT molecular complexity index is 420. The molecule has 0 radical (unpaired) electrons. The minimum absolute atomic E-state index is 0.226. The zero-order valence-corrected chi connectivity index (χ0v) is 22.0. The Hall–Kier alpha value is -1.06. The Morgan fingerprint density at radius 2 is 1.22 bits per heavy atom. The second-order valence-corrected chi connectivity index (χ2v) is 10.3. The third-order valence-electron chi connectivity index (χ3n) is 6.64. The zero-order chi connectivity index (χ0) is 23.9. The fourth-order valence-corrected chi connectivity index (χ4v) is 4.28. The van der Waals surface area contributed by atoms with Gasteiger partial charge in [0.1, 0.15) is 0 Å². The van der Waals surface area contributed by atoms with Crippen molar-refractivity contribution in [2.24, 2.45) is 5.41 Å². The molecule has 0 rings (SSSR count). The third kappa shape index (κ3) is 18.5. The molecule has 0 aromatic carbocycles. The highest BCUT2D eigenvalue weighted by Crippen LogP contribution is 2.25. The molecule has 0 unspecified atom stereocenters. The summed E-state index contributed by atoms with van der Waals surface area (Å²) in [5.41, 5.74) is -0.320. The molecule has 1 N–H and O–H groups in total. The molecule has 0 fully saturated rings. The van der Waals surface area contributed by atoms with Gasteiger partial charge in [-0.25, -0.2) is 0 Å². The van der Waals surface area contributed by atoms with Crippen LogP contribution in [0, 0.1) is 5.41 Å². The number of hydrogen-bond acceptors (Lipinski definition) is 3. The predicted octanol–water partition coefficient (Wildman–Crippen LogP) is 8.12. The first kappa shape index (κ1) is 30.9. The minimum Gasteiger partial charge on any atom is -0.468 e. The van der Waals surface area contributed by atoms with E-state index in [0.29, 0.717) is 19.1 Å². The van der Waals surface area contributed by atoms with Crippen molar-refractivity contribution in [2.45, 2.75) is 156 Å². The lowest BCUT2D eigenvalue weighted by Gasteiger charge is -2.28. The van der Waals surface area contributed by atoms with E-state index in [4.69, 9.17) is 4.74 Å². The monoisotopic (exact) mass is 453 g/mol. The molecule has 0 atom stereocenters. The van der Waals surface area contributed by atoms with Crippen LogP contribution in [0.25, 0.3) is 0 Å². The van der Waals surface area contributed by atoms with E-state index in [9.17, 15) is 9.59 Å². The molecule has 32 heavy (non-hydrogen) atoms. The van der Waals surface area contributed by atoms with Crippen molar-refractivity contribution >= 4 is 12.4 Å². The molecule has 0 spiro atoms. The summed E-state index contributed by atoms with van der Waals surface area (Å²) in [6, 6.07) is 0.333. The van der Waals surface area contributed by atoms with Gasteiger partial charge in [-0.1, -0.05) is 124 Å². The number of ether oxygens (including phenoxy) is 1. The van der Waals surface area contributed by atoms with Crippen LogP contribution in [0.15, 0.2) is 0 Å². The summed E-state index contributed by atoms with van der Waals surface area (Å²) in [5.74, 6) is 0.226. The summed E-state index contributed by atoms with van der Waals surface area (Å²) in [4.78, 5) is 23.2. The summed E-state index contributed by atoms with van der Waals surface area (Å²) >= 11 is 0. The van der Waals surface area contributed by atoms with E-state index in [1.165, 1.54) is 77.0 Å². The Morgan fingerprint density at radius 1 is 0.750 bits per heavy atom. The van der Waals surface area contributed by atoms with Crippen LogP contribution in [0.2, 0.25) is 0 Å². The second kappa shape index (κ2) is 21.8. The van der Waals surface area contributed by atoms with E-state index in [2.05, 4.69) is 33.0 Å². The molecule has 0 aromatic heterocycles. The first-order chi connectivity index (χ1) is 15.5. The van der Waals surface area contributed by atoms with Crippen LogP contribution in [0.3, 0.4) is 0 Å². The molecule has 0 saturated carbocycles. The molecule has 190 valence electrons. The van der Waals surface area contributed by atoms with Crippen molar-refractivity contribution in [3.05, 3.63) is 0 Å². The van der Waals surface area contributed by atoms with Gasteiger partial charge in [-0.15, -0.1) is 0 Å². The summed E-state index contributed by atoms with van der Waals surface area (Å²) < 4.78 is 4.74. The normalized spacial score (nSPS) is 11.7. The first-order valence-corrected chi connectivity index (χ1v) is 13.8. The van der Waals surface area contributed by atoms with Crippen LogP contribution in [0.1, 0.15) is 150 Å². The van der Waals surface area contributed by atoms with Gasteiger partial charge >= 0.3 is 0 Å². The molecule has 4 heteroatoms. The van der Waals surface area contributed by atoms with Crippen LogP contribution in [-0.2, 0) is 14.3 Å². The fourth-order valence-electron chi connectivity index (χ4n) is 4.28. The maximum Gasteiger partial charge on any atom is 0.293 e. The molecule has 4 nitrogen and oxygen atoms in total. The van der Waals surface area contributed by atoms with Crippen LogP contribution in [0.4, 0.5) is 0 Å². The molecule has 0 heterocycles. The standard InChI is InChI=1S/C28H55NO3/c1-5-7-9-11-13-17-21-26(22-18-14-12-10-8-6-2)29-27(31)28(3,4)23-19-15-16-20-24-32-25-30/h25-26H,5-24H2,1-4H3,(H,29,31). The van der Waals surface area contributed by atoms with Gasteiger partial charge in [-0.05, 0) is 25.7 Å². The average molecular weight is 454 g/mol. The van der Waals surface area contributed by atoms with E-state index in [1.807, 2.05) is 0 Å². The van der Waals surface area contributed by atoms with E-state index in [-0.39, 0.29) is 11.3 Å². The van der Waals surface area contributed by atoms with E-state index in [0.717, 1.165) is 44.9 Å². The third-order valence-corrected chi connectivity index (χ3v) is 6.64. The van der Waals surface area contributed by atoms with E-state index >= 15 is 0 Å². The maximum atomic E-state index is 13.1. The molecule has 1 amide bonds. The van der Waals surface area contributed by atoms with Gasteiger partial charge in [-0.2, -0.15) is 0 Å². The highest BCUT2D eigenvalue weighted by Gasteiger charge is 2.28. The highest BCUT2D eigenvalue weighted by molar-refractivity contribution is 5.82. The van der Waals surface area contributed by atoms with Crippen LogP contribution in [0.5, 0.6) is 0 Å². The summed E-state index contributed by atoms with van der Waals surface area (Å²) in [6.45, 7) is 9.72. The fraction of sp³-hybridized carbons (Fsp3) is 0.929. The van der Waals surface area contributed by atoms with Crippen molar-refractivity contribution in [3.63, 3.8) is 0 Å². The SMILES string of the molecule is CCCCCCCCC(CCCCCCCC)NC(=O)C(C)(C)CCCCCCOC=O. The largest absolute Gasteiger partial charge is 0.468 e. The van der Waals surface area contributed by atoms with Crippen LogP contribution in [-0.4, -0.2) is 25.0 Å². The zero-order valence-electron chi connectivity index (χ0n) is 22.0. The maximum absolute atomic E-state index is 13.1. The number of amides is 1. The van der Waals surface area contributed by atoms with Crippen molar-refractivity contribution < 1.29 is 14.3 Å². The van der Waals surface area contributed by atoms with Gasteiger partial charge in [0.15, 0.2) is 0 Å². The number of carbonyl (C=O) groups excluding carboxylic acids is 2. The van der Waals surface area contributed by atoms with Crippen molar-refractivity contribution in [1.29, 1.82) is 0 Å². The van der Waals surface area contributed by atoms with Crippen LogP contribution < -0.4 is 5.32 Å². The number of rotatable bonds is 24. The summed E-state index contributed by atoms with van der Waals surface area (Å²) in [7, 11) is 0. The topological polar surface area (TPSA) is 55.4 Å². The molecular weight excluding hydrogens is 398 g/mol. The van der Waals surface area contributed by atoms with Gasteiger partial charge < -0.3 is 10.1 Å². The molecule has 0 aliphatic carbocycles. The van der Waals surface area contributed by atoms with Gasteiger partial charge in [0, 0.05) is 11.5 Å².